The molecule has 0 atom stereocenters. The van der Waals surface area contributed by atoms with Gasteiger partial charge in [-0.2, -0.15) is 0 Å². The lowest BCUT2D eigenvalue weighted by Crippen LogP contribution is -2.16. The van der Waals surface area contributed by atoms with E-state index in [0.29, 0.717) is 0 Å². The highest BCUT2D eigenvalue weighted by molar-refractivity contribution is 6.06. The van der Waals surface area contributed by atoms with Crippen LogP contribution in [0.1, 0.15) is 25.0 Å². The number of nitrogens with zero attached hydrogens (tertiary/aromatic N) is 1. The second kappa shape index (κ2) is 12.8. The summed E-state index contributed by atoms with van der Waals surface area (Å²) in [6, 6.07) is 73.3. The summed E-state index contributed by atoms with van der Waals surface area (Å²) in [6.07, 6.45) is 0. The van der Waals surface area contributed by atoms with Gasteiger partial charge in [0.25, 0.3) is 0 Å². The Morgan fingerprint density at radius 2 is 0.907 bits per heavy atom. The Balaban J connectivity index is 1.09. The molecule has 1 heteroatoms. The Morgan fingerprint density at radius 3 is 1.70 bits per heavy atom. The summed E-state index contributed by atoms with van der Waals surface area (Å²) in [5.41, 5.74) is 16.1. The zero-order valence-electron chi connectivity index (χ0n) is 30.5. The summed E-state index contributed by atoms with van der Waals surface area (Å²) in [4.78, 5) is 2.39. The second-order valence-corrected chi connectivity index (χ2v) is 14.9. The minimum atomic E-state index is -0.146. The smallest absolute Gasteiger partial charge is 0.0465 e. The van der Waals surface area contributed by atoms with Gasteiger partial charge < -0.3 is 4.90 Å². The van der Waals surface area contributed by atoms with E-state index >= 15 is 0 Å². The van der Waals surface area contributed by atoms with E-state index in [-0.39, 0.29) is 5.41 Å². The predicted octanol–water partition coefficient (Wildman–Crippen LogP) is 14.8. The minimum Gasteiger partial charge on any atom is -0.310 e. The first kappa shape index (κ1) is 32.0. The van der Waals surface area contributed by atoms with Crippen LogP contribution in [-0.4, -0.2) is 0 Å². The van der Waals surface area contributed by atoms with Crippen molar-refractivity contribution >= 4 is 38.6 Å². The van der Waals surface area contributed by atoms with Crippen LogP contribution in [-0.2, 0) is 5.41 Å². The van der Waals surface area contributed by atoms with Crippen LogP contribution in [0, 0.1) is 0 Å². The van der Waals surface area contributed by atoms with Gasteiger partial charge in [-0.1, -0.05) is 172 Å². The van der Waals surface area contributed by atoms with Gasteiger partial charge in [0.1, 0.15) is 0 Å². The maximum absolute atomic E-state index is 2.42. The molecule has 0 saturated carbocycles. The molecule has 0 aromatic heterocycles. The van der Waals surface area contributed by atoms with E-state index in [2.05, 4.69) is 219 Å². The van der Waals surface area contributed by atoms with E-state index in [4.69, 9.17) is 0 Å². The molecule has 0 bridgehead atoms. The van der Waals surface area contributed by atoms with Crippen LogP contribution in [0.5, 0.6) is 0 Å². The van der Waals surface area contributed by atoms with Crippen molar-refractivity contribution in [1.29, 1.82) is 0 Å². The monoisotopic (exact) mass is 689 g/mol. The van der Waals surface area contributed by atoms with Gasteiger partial charge in [-0.05, 0) is 120 Å². The van der Waals surface area contributed by atoms with Gasteiger partial charge in [0.15, 0.2) is 0 Å². The van der Waals surface area contributed by atoms with Gasteiger partial charge in [-0.25, -0.2) is 0 Å². The summed E-state index contributed by atoms with van der Waals surface area (Å²) in [6.45, 7) is 4.74. The quantitative estimate of drug-likeness (QED) is 0.168. The third-order valence-electron chi connectivity index (χ3n) is 11.4. The van der Waals surface area contributed by atoms with Crippen molar-refractivity contribution in [2.45, 2.75) is 19.3 Å². The summed E-state index contributed by atoms with van der Waals surface area (Å²) < 4.78 is 0. The molecule has 0 unspecified atom stereocenters. The van der Waals surface area contributed by atoms with Crippen LogP contribution < -0.4 is 4.90 Å². The van der Waals surface area contributed by atoms with E-state index in [1.54, 1.807) is 0 Å². The molecule has 9 aromatic carbocycles. The number of para-hydroxylation sites is 1. The normalized spacial score (nSPS) is 12.8. The van der Waals surface area contributed by atoms with Crippen LogP contribution in [0.2, 0.25) is 0 Å². The molecule has 10 rings (SSSR count). The average molecular weight is 690 g/mol. The van der Waals surface area contributed by atoms with Crippen molar-refractivity contribution in [1.82, 2.24) is 0 Å². The standard InChI is InChI=1S/C53H39N/c1-53(2)49-23-13-22-46(37-15-5-3-6-16-37)52(49)48-33-31-44(35-50(48)53)54(42-19-7-4-8-20-42)43-29-26-39(27-30-43)47-32-28-38-17-11-12-21-45(38)51(47)41-25-24-36-14-9-10-18-40(36)34-41/h3-35H,1-2H3. The highest BCUT2D eigenvalue weighted by atomic mass is 15.1. The summed E-state index contributed by atoms with van der Waals surface area (Å²) in [5.74, 6) is 0. The Labute approximate surface area is 317 Å². The third kappa shape index (κ3) is 5.24. The Kier molecular flexibility index (Phi) is 7.56. The molecule has 0 radical (unpaired) electrons. The minimum absolute atomic E-state index is 0.146. The molecule has 0 heterocycles. The predicted molar refractivity (Wildman–Crippen MR) is 230 cm³/mol. The van der Waals surface area contributed by atoms with Crippen molar-refractivity contribution < 1.29 is 0 Å². The van der Waals surface area contributed by atoms with Crippen LogP contribution in [0.15, 0.2) is 200 Å². The summed E-state index contributed by atoms with van der Waals surface area (Å²) in [7, 11) is 0. The van der Waals surface area contributed by atoms with Gasteiger partial charge in [0, 0.05) is 22.5 Å². The number of fused-ring (bicyclic) bond motifs is 5. The van der Waals surface area contributed by atoms with Crippen LogP contribution >= 0.6 is 0 Å². The number of benzene rings is 9. The van der Waals surface area contributed by atoms with Crippen LogP contribution in [0.3, 0.4) is 0 Å². The van der Waals surface area contributed by atoms with E-state index in [1.165, 1.54) is 77.2 Å². The molecule has 0 amide bonds. The maximum atomic E-state index is 2.42. The van der Waals surface area contributed by atoms with E-state index in [1.807, 2.05) is 0 Å². The number of anilines is 3. The molecular weight excluding hydrogens is 651 g/mol. The second-order valence-electron chi connectivity index (χ2n) is 14.9. The van der Waals surface area contributed by atoms with Crippen LogP contribution in [0.4, 0.5) is 17.1 Å². The molecule has 0 fully saturated rings. The van der Waals surface area contributed by atoms with Gasteiger partial charge in [0.05, 0.1) is 0 Å². The van der Waals surface area contributed by atoms with Gasteiger partial charge in [-0.3, -0.25) is 0 Å². The van der Waals surface area contributed by atoms with Crippen molar-refractivity contribution in [3.8, 4) is 44.5 Å². The lowest BCUT2D eigenvalue weighted by atomic mass is 9.81. The maximum Gasteiger partial charge on any atom is 0.0465 e. The zero-order chi connectivity index (χ0) is 36.2. The number of rotatable bonds is 6. The first-order valence-electron chi connectivity index (χ1n) is 18.8. The highest BCUT2D eigenvalue weighted by Gasteiger charge is 2.37. The van der Waals surface area contributed by atoms with Gasteiger partial charge >= 0.3 is 0 Å². The third-order valence-corrected chi connectivity index (χ3v) is 11.4. The molecule has 1 nitrogen and oxygen atoms in total. The zero-order valence-corrected chi connectivity index (χ0v) is 30.5. The van der Waals surface area contributed by atoms with Gasteiger partial charge in [-0.15, -0.1) is 0 Å². The SMILES string of the molecule is CC1(C)c2cc(N(c3ccccc3)c3ccc(-c4ccc5ccccc5c4-c4ccc5ccccc5c4)cc3)ccc2-c2c(-c3ccccc3)cccc21. The van der Waals surface area contributed by atoms with Crippen molar-refractivity contribution in [2.75, 3.05) is 4.90 Å². The molecular formula is C53H39N. The Hall–Kier alpha value is -6.70. The molecule has 0 spiro atoms. The van der Waals surface area contributed by atoms with Crippen molar-refractivity contribution in [3.63, 3.8) is 0 Å². The fourth-order valence-electron chi connectivity index (χ4n) is 8.76. The Morgan fingerprint density at radius 1 is 0.333 bits per heavy atom. The van der Waals surface area contributed by atoms with Gasteiger partial charge in [0.2, 0.25) is 0 Å². The molecule has 54 heavy (non-hydrogen) atoms. The molecule has 0 saturated heterocycles. The first-order valence-corrected chi connectivity index (χ1v) is 18.8. The fraction of sp³-hybridized carbons (Fsp3) is 0.0566. The topological polar surface area (TPSA) is 3.24 Å². The Bertz CT molecular complexity index is 2830. The summed E-state index contributed by atoms with van der Waals surface area (Å²) in [5, 5.41) is 5.01. The number of hydrogen-bond donors (Lipinski definition) is 0. The highest BCUT2D eigenvalue weighted by Crippen LogP contribution is 2.53. The van der Waals surface area contributed by atoms with E-state index in [9.17, 15) is 0 Å². The molecule has 0 aliphatic heterocycles. The molecule has 9 aromatic rings. The van der Waals surface area contributed by atoms with E-state index in [0.717, 1.165) is 17.1 Å². The molecule has 1 aliphatic rings. The van der Waals surface area contributed by atoms with Crippen molar-refractivity contribution in [2.24, 2.45) is 0 Å². The summed E-state index contributed by atoms with van der Waals surface area (Å²) >= 11 is 0. The molecule has 256 valence electrons. The number of hydrogen-bond acceptors (Lipinski definition) is 1. The first-order chi connectivity index (χ1) is 26.5. The molecule has 0 N–H and O–H groups in total. The van der Waals surface area contributed by atoms with E-state index < -0.39 is 0 Å². The average Bonchev–Trinajstić information content (AvgIpc) is 3.46. The lowest BCUT2D eigenvalue weighted by molar-refractivity contribution is 0.660. The van der Waals surface area contributed by atoms with Crippen LogP contribution in [0.25, 0.3) is 66.1 Å². The lowest BCUT2D eigenvalue weighted by Gasteiger charge is -2.28. The largest absolute Gasteiger partial charge is 0.310 e. The van der Waals surface area contributed by atoms with Crippen molar-refractivity contribution in [3.05, 3.63) is 211 Å². The fourth-order valence-corrected chi connectivity index (χ4v) is 8.76. The molecule has 1 aliphatic carbocycles.